The summed E-state index contributed by atoms with van der Waals surface area (Å²) in [6.07, 6.45) is 8.56. The lowest BCUT2D eigenvalue weighted by molar-refractivity contribution is 0.335. The van der Waals surface area contributed by atoms with Gasteiger partial charge in [0, 0.05) is 6.04 Å². The summed E-state index contributed by atoms with van der Waals surface area (Å²) in [7, 11) is 2.09. The van der Waals surface area contributed by atoms with Crippen molar-refractivity contribution in [3.05, 3.63) is 0 Å². The number of nitrogens with one attached hydrogen (secondary N) is 1. The minimum absolute atomic E-state index is 0.698. The minimum atomic E-state index is 0.698. The van der Waals surface area contributed by atoms with Gasteiger partial charge in [-0.2, -0.15) is 0 Å². The summed E-state index contributed by atoms with van der Waals surface area (Å²) in [6.45, 7) is 4.61. The molecule has 0 aromatic heterocycles. The van der Waals surface area contributed by atoms with Gasteiger partial charge in [0.05, 0.1) is 0 Å². The lowest BCUT2D eigenvalue weighted by Crippen LogP contribution is -2.31. The molecular formula is C11H23N. The van der Waals surface area contributed by atoms with Crippen LogP contribution in [0.4, 0.5) is 0 Å². The van der Waals surface area contributed by atoms with Crippen LogP contribution >= 0.6 is 0 Å². The average Bonchev–Trinajstić information content (AvgIpc) is 2.85. The predicted octanol–water partition coefficient (Wildman–Crippen LogP) is 2.95. The fraction of sp³-hybridized carbons (Fsp3) is 1.00. The van der Waals surface area contributed by atoms with Gasteiger partial charge in [-0.3, -0.25) is 0 Å². The Kier molecular flexibility index (Phi) is 3.57. The molecule has 1 unspecified atom stereocenters. The normalized spacial score (nSPS) is 22.2. The van der Waals surface area contributed by atoms with Crippen molar-refractivity contribution in [3.8, 4) is 0 Å². The van der Waals surface area contributed by atoms with Gasteiger partial charge in [-0.15, -0.1) is 0 Å². The summed E-state index contributed by atoms with van der Waals surface area (Å²) in [5.41, 5.74) is 0.698. The zero-order chi connectivity index (χ0) is 9.03. The van der Waals surface area contributed by atoms with Crippen LogP contribution < -0.4 is 5.32 Å². The molecule has 0 bridgehead atoms. The van der Waals surface area contributed by atoms with Crippen molar-refractivity contribution in [2.75, 3.05) is 7.05 Å². The third-order valence-electron chi connectivity index (χ3n) is 3.52. The van der Waals surface area contributed by atoms with E-state index in [0.717, 1.165) is 6.04 Å². The van der Waals surface area contributed by atoms with Gasteiger partial charge in [0.15, 0.2) is 0 Å². The number of hydrogen-bond donors (Lipinski definition) is 1. The van der Waals surface area contributed by atoms with Crippen LogP contribution in [0.3, 0.4) is 0 Å². The van der Waals surface area contributed by atoms with Crippen LogP contribution in [0, 0.1) is 5.41 Å². The molecule has 0 radical (unpaired) electrons. The molecule has 0 aromatic rings. The molecule has 1 nitrogen and oxygen atoms in total. The van der Waals surface area contributed by atoms with E-state index >= 15 is 0 Å². The molecule has 0 aromatic carbocycles. The van der Waals surface area contributed by atoms with E-state index in [2.05, 4.69) is 26.2 Å². The van der Waals surface area contributed by atoms with Crippen molar-refractivity contribution < 1.29 is 0 Å². The molecule has 0 amide bonds. The SMILES string of the molecule is CCCCCC1(C(C)NC)CC1. The van der Waals surface area contributed by atoms with E-state index in [9.17, 15) is 0 Å². The van der Waals surface area contributed by atoms with E-state index in [-0.39, 0.29) is 0 Å². The molecule has 1 aliphatic rings. The van der Waals surface area contributed by atoms with Gasteiger partial charge in [0.2, 0.25) is 0 Å². The fourth-order valence-corrected chi connectivity index (χ4v) is 2.09. The highest BCUT2D eigenvalue weighted by atomic mass is 14.9. The predicted molar refractivity (Wildman–Crippen MR) is 54.3 cm³/mol. The Morgan fingerprint density at radius 2 is 2.00 bits per heavy atom. The second kappa shape index (κ2) is 4.27. The van der Waals surface area contributed by atoms with Crippen LogP contribution in [-0.4, -0.2) is 13.1 Å². The van der Waals surface area contributed by atoms with E-state index in [1.165, 1.54) is 38.5 Å². The Labute approximate surface area is 76.9 Å². The van der Waals surface area contributed by atoms with E-state index in [1.54, 1.807) is 0 Å². The number of unbranched alkanes of at least 4 members (excludes halogenated alkanes) is 2. The lowest BCUT2D eigenvalue weighted by atomic mass is 9.91. The third-order valence-corrected chi connectivity index (χ3v) is 3.52. The molecule has 1 aliphatic carbocycles. The van der Waals surface area contributed by atoms with E-state index < -0.39 is 0 Å². The van der Waals surface area contributed by atoms with Crippen molar-refractivity contribution in [3.63, 3.8) is 0 Å². The summed E-state index contributed by atoms with van der Waals surface area (Å²) in [5.74, 6) is 0. The first-order chi connectivity index (χ1) is 5.75. The molecule has 0 aliphatic heterocycles. The largest absolute Gasteiger partial charge is 0.317 e. The quantitative estimate of drug-likeness (QED) is 0.603. The maximum Gasteiger partial charge on any atom is 0.00921 e. The molecule has 12 heavy (non-hydrogen) atoms. The average molecular weight is 169 g/mol. The maximum atomic E-state index is 3.39. The minimum Gasteiger partial charge on any atom is -0.317 e. The van der Waals surface area contributed by atoms with Crippen molar-refractivity contribution in [2.45, 2.75) is 58.4 Å². The van der Waals surface area contributed by atoms with Crippen LogP contribution in [0.2, 0.25) is 0 Å². The Bertz CT molecular complexity index is 127. The molecule has 72 valence electrons. The molecule has 0 heterocycles. The first-order valence-electron chi connectivity index (χ1n) is 5.42. The standard InChI is InChI=1S/C11H23N/c1-4-5-6-7-11(8-9-11)10(2)12-3/h10,12H,4-9H2,1-3H3. The number of hydrogen-bond acceptors (Lipinski definition) is 1. The second-order valence-corrected chi connectivity index (χ2v) is 4.33. The Morgan fingerprint density at radius 1 is 1.33 bits per heavy atom. The van der Waals surface area contributed by atoms with Crippen LogP contribution in [0.1, 0.15) is 52.4 Å². The molecule has 1 rings (SSSR count). The molecule has 0 spiro atoms. The Hall–Kier alpha value is -0.0400. The van der Waals surface area contributed by atoms with Crippen molar-refractivity contribution >= 4 is 0 Å². The van der Waals surface area contributed by atoms with Gasteiger partial charge < -0.3 is 5.32 Å². The Balaban J connectivity index is 2.20. The first-order valence-corrected chi connectivity index (χ1v) is 5.42. The molecule has 1 fully saturated rings. The monoisotopic (exact) mass is 169 g/mol. The molecule has 1 heteroatoms. The van der Waals surface area contributed by atoms with Crippen LogP contribution in [0.5, 0.6) is 0 Å². The van der Waals surface area contributed by atoms with E-state index in [0.29, 0.717) is 5.41 Å². The zero-order valence-electron chi connectivity index (χ0n) is 8.82. The van der Waals surface area contributed by atoms with Gasteiger partial charge in [-0.1, -0.05) is 26.2 Å². The van der Waals surface area contributed by atoms with Gasteiger partial charge >= 0.3 is 0 Å². The molecule has 1 saturated carbocycles. The van der Waals surface area contributed by atoms with Crippen LogP contribution in [0.15, 0.2) is 0 Å². The van der Waals surface area contributed by atoms with Gasteiger partial charge in [0.1, 0.15) is 0 Å². The van der Waals surface area contributed by atoms with Crippen LogP contribution in [-0.2, 0) is 0 Å². The van der Waals surface area contributed by atoms with Gasteiger partial charge in [-0.25, -0.2) is 0 Å². The molecule has 0 saturated heterocycles. The van der Waals surface area contributed by atoms with Crippen LogP contribution in [0.25, 0.3) is 0 Å². The van der Waals surface area contributed by atoms with Gasteiger partial charge in [0.25, 0.3) is 0 Å². The molecular weight excluding hydrogens is 146 g/mol. The lowest BCUT2D eigenvalue weighted by Gasteiger charge is -2.22. The van der Waals surface area contributed by atoms with Crippen molar-refractivity contribution in [1.29, 1.82) is 0 Å². The smallest absolute Gasteiger partial charge is 0.00921 e. The van der Waals surface area contributed by atoms with Gasteiger partial charge in [-0.05, 0) is 38.6 Å². The topological polar surface area (TPSA) is 12.0 Å². The fourth-order valence-electron chi connectivity index (χ4n) is 2.09. The summed E-state index contributed by atoms with van der Waals surface area (Å²) < 4.78 is 0. The van der Waals surface area contributed by atoms with Crippen molar-refractivity contribution in [2.24, 2.45) is 5.41 Å². The summed E-state index contributed by atoms with van der Waals surface area (Å²) in [4.78, 5) is 0. The summed E-state index contributed by atoms with van der Waals surface area (Å²) >= 11 is 0. The maximum absolute atomic E-state index is 3.39. The zero-order valence-corrected chi connectivity index (χ0v) is 8.82. The molecule has 1 N–H and O–H groups in total. The highest BCUT2D eigenvalue weighted by Crippen LogP contribution is 2.52. The summed E-state index contributed by atoms with van der Waals surface area (Å²) in [5, 5.41) is 3.39. The highest BCUT2D eigenvalue weighted by molar-refractivity contribution is 4.99. The molecule has 1 atom stereocenters. The summed E-state index contributed by atoms with van der Waals surface area (Å²) in [6, 6.07) is 0.731. The van der Waals surface area contributed by atoms with E-state index in [1.807, 2.05) is 0 Å². The van der Waals surface area contributed by atoms with Crippen molar-refractivity contribution in [1.82, 2.24) is 5.32 Å². The third kappa shape index (κ3) is 2.22. The number of rotatable bonds is 6. The Morgan fingerprint density at radius 3 is 2.42 bits per heavy atom. The first kappa shape index (κ1) is 10.0. The second-order valence-electron chi connectivity index (χ2n) is 4.33. The highest BCUT2D eigenvalue weighted by Gasteiger charge is 2.45. The van der Waals surface area contributed by atoms with E-state index in [4.69, 9.17) is 0 Å².